The molecule has 2 aromatic carbocycles. The number of ketones is 1. The Hall–Kier alpha value is -2.62. The zero-order valence-corrected chi connectivity index (χ0v) is 21.1. The molecule has 0 spiro atoms. The number of Topliss-reactive ketones (excluding diaryl/α,β-unsaturated/α-hetero) is 1. The molecule has 186 valence electrons. The lowest BCUT2D eigenvalue weighted by molar-refractivity contribution is -0.132. The van der Waals surface area contributed by atoms with Gasteiger partial charge in [-0.15, -0.1) is 0 Å². The zero-order chi connectivity index (χ0) is 24.4. The molecule has 0 bridgehead atoms. The molecular weight excluding hydrogens is 436 g/mol. The van der Waals surface area contributed by atoms with Gasteiger partial charge in [-0.1, -0.05) is 43.2 Å². The van der Waals surface area contributed by atoms with Crippen LogP contribution in [0.3, 0.4) is 0 Å². The van der Waals surface area contributed by atoms with E-state index in [9.17, 15) is 9.59 Å². The van der Waals surface area contributed by atoms with E-state index in [-0.39, 0.29) is 18.0 Å². The minimum Gasteiger partial charge on any atom is -0.491 e. The highest BCUT2D eigenvalue weighted by Gasteiger charge is 2.47. The van der Waals surface area contributed by atoms with Crippen molar-refractivity contribution in [2.24, 2.45) is 11.8 Å². The third-order valence-electron chi connectivity index (χ3n) is 8.52. The Balaban J connectivity index is 1.41. The number of hydrogen-bond donors (Lipinski definition) is 0. The third kappa shape index (κ3) is 5.32. The molecule has 1 unspecified atom stereocenters. The first-order valence-corrected chi connectivity index (χ1v) is 13.6. The van der Waals surface area contributed by atoms with Crippen LogP contribution in [0.25, 0.3) is 0 Å². The lowest BCUT2D eigenvalue weighted by atomic mass is 9.55. The van der Waals surface area contributed by atoms with Crippen LogP contribution in [0.4, 0.5) is 0 Å². The fourth-order valence-electron chi connectivity index (χ4n) is 7.08. The molecule has 2 fully saturated rings. The van der Waals surface area contributed by atoms with Gasteiger partial charge in [-0.2, -0.15) is 0 Å². The summed E-state index contributed by atoms with van der Waals surface area (Å²) >= 11 is 0. The largest absolute Gasteiger partial charge is 0.491 e. The van der Waals surface area contributed by atoms with Gasteiger partial charge in [0.15, 0.2) is 0 Å². The SMILES string of the molecule is CC(=O)Oc1cc(OC(C)CCCc2ccccc2)cc2c1[C@H]1CC(=O)CC[C@H]1[C@@H]1CCCC[C@@H]21. The molecule has 3 aliphatic rings. The summed E-state index contributed by atoms with van der Waals surface area (Å²) in [5.41, 5.74) is 3.74. The normalized spacial score (nSPS) is 26.2. The number of rotatable bonds is 7. The molecule has 35 heavy (non-hydrogen) atoms. The Morgan fingerprint density at radius 2 is 1.80 bits per heavy atom. The van der Waals surface area contributed by atoms with Crippen molar-refractivity contribution in [3.63, 3.8) is 0 Å². The van der Waals surface area contributed by atoms with Crippen LogP contribution in [-0.2, 0) is 16.0 Å². The summed E-state index contributed by atoms with van der Waals surface area (Å²) < 4.78 is 12.2. The van der Waals surface area contributed by atoms with Gasteiger partial charge in [0.2, 0.25) is 0 Å². The van der Waals surface area contributed by atoms with Gasteiger partial charge in [0.1, 0.15) is 17.3 Å². The van der Waals surface area contributed by atoms with Crippen molar-refractivity contribution in [1.82, 2.24) is 0 Å². The molecule has 2 saturated carbocycles. The monoisotopic (exact) mass is 474 g/mol. The summed E-state index contributed by atoms with van der Waals surface area (Å²) in [6.07, 6.45) is 10.3. The smallest absolute Gasteiger partial charge is 0.308 e. The highest BCUT2D eigenvalue weighted by atomic mass is 16.5. The molecular formula is C31H38O4. The van der Waals surface area contributed by atoms with Crippen molar-refractivity contribution in [2.45, 2.75) is 96.0 Å². The van der Waals surface area contributed by atoms with E-state index < -0.39 is 0 Å². The van der Waals surface area contributed by atoms with E-state index in [0.29, 0.717) is 42.1 Å². The first-order valence-electron chi connectivity index (χ1n) is 13.6. The molecule has 0 aliphatic heterocycles. The van der Waals surface area contributed by atoms with Crippen molar-refractivity contribution in [3.8, 4) is 11.5 Å². The van der Waals surface area contributed by atoms with Crippen LogP contribution in [0.15, 0.2) is 42.5 Å². The maximum Gasteiger partial charge on any atom is 0.308 e. The van der Waals surface area contributed by atoms with Crippen molar-refractivity contribution in [2.75, 3.05) is 0 Å². The van der Waals surface area contributed by atoms with Gasteiger partial charge in [0, 0.05) is 31.4 Å². The van der Waals surface area contributed by atoms with Gasteiger partial charge in [-0.25, -0.2) is 0 Å². The molecule has 0 saturated heterocycles. The van der Waals surface area contributed by atoms with E-state index in [1.165, 1.54) is 43.7 Å². The molecule has 0 radical (unpaired) electrons. The number of fused-ring (bicyclic) bond motifs is 6. The highest BCUT2D eigenvalue weighted by molar-refractivity contribution is 5.81. The molecule has 5 atom stereocenters. The van der Waals surface area contributed by atoms with Gasteiger partial charge >= 0.3 is 5.97 Å². The predicted molar refractivity (Wildman–Crippen MR) is 137 cm³/mol. The van der Waals surface area contributed by atoms with Crippen LogP contribution in [-0.4, -0.2) is 17.9 Å². The lowest BCUT2D eigenvalue weighted by Crippen LogP contribution is -2.39. The number of carbonyl (C=O) groups excluding carboxylic acids is 2. The van der Waals surface area contributed by atoms with Crippen LogP contribution < -0.4 is 9.47 Å². The Bertz CT molecular complexity index is 1060. The maximum atomic E-state index is 12.5. The van der Waals surface area contributed by atoms with Crippen LogP contribution in [0.5, 0.6) is 11.5 Å². The first-order chi connectivity index (χ1) is 17.0. The topological polar surface area (TPSA) is 52.6 Å². The summed E-state index contributed by atoms with van der Waals surface area (Å²) in [5.74, 6) is 3.21. The van der Waals surface area contributed by atoms with Crippen LogP contribution in [0.1, 0.15) is 100 Å². The van der Waals surface area contributed by atoms with E-state index in [2.05, 4.69) is 37.3 Å². The molecule has 0 amide bonds. The van der Waals surface area contributed by atoms with Crippen molar-refractivity contribution in [1.29, 1.82) is 0 Å². The number of esters is 1. The van der Waals surface area contributed by atoms with E-state index in [1.54, 1.807) is 0 Å². The van der Waals surface area contributed by atoms with E-state index in [0.717, 1.165) is 37.0 Å². The number of benzene rings is 2. The van der Waals surface area contributed by atoms with Gasteiger partial charge in [0.05, 0.1) is 6.10 Å². The number of hydrogen-bond acceptors (Lipinski definition) is 4. The predicted octanol–water partition coefficient (Wildman–Crippen LogP) is 7.14. The van der Waals surface area contributed by atoms with Gasteiger partial charge in [-0.05, 0) is 86.3 Å². The van der Waals surface area contributed by atoms with Gasteiger partial charge < -0.3 is 9.47 Å². The molecule has 0 heterocycles. The summed E-state index contributed by atoms with van der Waals surface area (Å²) in [6.45, 7) is 3.58. The quantitative estimate of drug-likeness (QED) is 0.316. The minimum absolute atomic E-state index is 0.0664. The molecule has 2 aromatic rings. The fraction of sp³-hybridized carbons (Fsp3) is 0.548. The van der Waals surface area contributed by atoms with Crippen LogP contribution in [0, 0.1) is 11.8 Å². The Morgan fingerprint density at radius 3 is 2.60 bits per heavy atom. The summed E-state index contributed by atoms with van der Waals surface area (Å²) in [4.78, 5) is 24.6. The van der Waals surface area contributed by atoms with Gasteiger partial charge in [-0.3, -0.25) is 9.59 Å². The van der Waals surface area contributed by atoms with E-state index in [1.807, 2.05) is 12.1 Å². The number of aryl methyl sites for hydroxylation is 1. The number of ether oxygens (including phenoxy) is 2. The van der Waals surface area contributed by atoms with Gasteiger partial charge in [0.25, 0.3) is 0 Å². The first kappa shape index (κ1) is 24.1. The lowest BCUT2D eigenvalue weighted by Gasteiger charge is -2.49. The standard InChI is InChI=1S/C31H38O4/c1-20(9-8-12-22-10-4-3-5-11-22)34-24-18-29-26-14-7-6-13-25(26)27-16-15-23(33)17-28(27)31(29)30(19-24)35-21(2)32/h3-5,10-11,18-20,25-28H,6-9,12-17H2,1-2H3/t20?,25-,26-,27+,28+/m1/s1. The molecule has 0 aromatic heterocycles. The van der Waals surface area contributed by atoms with Crippen molar-refractivity contribution >= 4 is 11.8 Å². The second-order valence-electron chi connectivity index (χ2n) is 10.9. The molecule has 0 N–H and O–H groups in total. The average molecular weight is 475 g/mol. The molecule has 4 nitrogen and oxygen atoms in total. The van der Waals surface area contributed by atoms with Crippen LogP contribution >= 0.6 is 0 Å². The van der Waals surface area contributed by atoms with Crippen molar-refractivity contribution < 1.29 is 19.1 Å². The molecule has 3 aliphatic carbocycles. The number of carbonyl (C=O) groups is 2. The second-order valence-corrected chi connectivity index (χ2v) is 10.9. The highest BCUT2D eigenvalue weighted by Crippen LogP contribution is 2.59. The maximum absolute atomic E-state index is 12.5. The minimum atomic E-state index is -0.315. The third-order valence-corrected chi connectivity index (χ3v) is 8.52. The second kappa shape index (κ2) is 10.6. The van der Waals surface area contributed by atoms with Crippen LogP contribution in [0.2, 0.25) is 0 Å². The Labute approximate surface area is 209 Å². The fourth-order valence-corrected chi connectivity index (χ4v) is 7.08. The summed E-state index contributed by atoms with van der Waals surface area (Å²) in [6, 6.07) is 14.7. The van der Waals surface area contributed by atoms with Crippen molar-refractivity contribution in [3.05, 3.63) is 59.2 Å². The molecule has 4 heteroatoms. The summed E-state index contributed by atoms with van der Waals surface area (Å²) in [7, 11) is 0. The van der Waals surface area contributed by atoms with E-state index >= 15 is 0 Å². The van der Waals surface area contributed by atoms with E-state index in [4.69, 9.17) is 9.47 Å². The Kier molecular flexibility index (Phi) is 7.27. The average Bonchev–Trinajstić information content (AvgIpc) is 2.84. The Morgan fingerprint density at radius 1 is 1.03 bits per heavy atom. The summed E-state index contributed by atoms with van der Waals surface area (Å²) in [5, 5.41) is 0. The zero-order valence-electron chi connectivity index (χ0n) is 21.1. The molecule has 5 rings (SSSR count).